The smallest absolute Gasteiger partial charge is 0.271 e. The van der Waals surface area contributed by atoms with Crippen LogP contribution in [0.25, 0.3) is 10.2 Å². The highest BCUT2D eigenvalue weighted by molar-refractivity contribution is 7.89. The Labute approximate surface area is 176 Å². The molecule has 0 saturated carbocycles. The molecule has 1 amide bonds. The summed E-state index contributed by atoms with van der Waals surface area (Å²) >= 11 is 1.20. The van der Waals surface area contributed by atoms with Gasteiger partial charge in [-0.3, -0.25) is 20.2 Å². The van der Waals surface area contributed by atoms with Crippen molar-refractivity contribution in [1.82, 2.24) is 9.29 Å². The van der Waals surface area contributed by atoms with Crippen LogP contribution in [0.15, 0.2) is 47.4 Å². The van der Waals surface area contributed by atoms with E-state index in [1.165, 1.54) is 52.0 Å². The molecule has 2 aromatic carbocycles. The summed E-state index contributed by atoms with van der Waals surface area (Å²) in [4.78, 5) is 27.3. The van der Waals surface area contributed by atoms with Gasteiger partial charge in [-0.1, -0.05) is 17.8 Å². The van der Waals surface area contributed by atoms with Gasteiger partial charge in [-0.15, -0.1) is 0 Å². The molecule has 0 atom stereocenters. The predicted molar refractivity (Wildman–Crippen MR) is 113 cm³/mol. The summed E-state index contributed by atoms with van der Waals surface area (Å²) in [6, 6.07) is 10.1. The molecule has 1 aliphatic rings. The first-order valence-electron chi connectivity index (χ1n) is 9.31. The van der Waals surface area contributed by atoms with Gasteiger partial charge in [0.15, 0.2) is 5.13 Å². The molecule has 3 aromatic rings. The van der Waals surface area contributed by atoms with Crippen molar-refractivity contribution in [2.24, 2.45) is 0 Å². The Kier molecular flexibility index (Phi) is 5.50. The quantitative estimate of drug-likeness (QED) is 0.472. The lowest BCUT2D eigenvalue weighted by atomic mass is 10.2. The first kappa shape index (κ1) is 20.4. The zero-order chi connectivity index (χ0) is 21.3. The van der Waals surface area contributed by atoms with Crippen LogP contribution in [0.1, 0.15) is 29.6 Å². The van der Waals surface area contributed by atoms with Crippen molar-refractivity contribution in [3.05, 3.63) is 58.1 Å². The highest BCUT2D eigenvalue weighted by Crippen LogP contribution is 2.29. The van der Waals surface area contributed by atoms with Gasteiger partial charge in [0.05, 0.1) is 20.0 Å². The maximum absolute atomic E-state index is 12.7. The molecule has 156 valence electrons. The van der Waals surface area contributed by atoms with E-state index in [-0.39, 0.29) is 16.1 Å². The van der Waals surface area contributed by atoms with Crippen molar-refractivity contribution in [1.29, 1.82) is 0 Å². The Bertz CT molecular complexity index is 1220. The average Bonchev–Trinajstić information content (AvgIpc) is 3.15. The van der Waals surface area contributed by atoms with Crippen LogP contribution in [0.5, 0.6) is 0 Å². The number of hydrogen-bond donors (Lipinski definition) is 1. The maximum atomic E-state index is 12.7. The van der Waals surface area contributed by atoms with Crippen molar-refractivity contribution >= 4 is 48.3 Å². The molecule has 9 nitrogen and oxygen atoms in total. The molecule has 1 aliphatic heterocycles. The molecule has 1 N–H and O–H groups in total. The number of amides is 1. The number of nitrogens with zero attached hydrogens (tertiary/aromatic N) is 3. The molecule has 0 unspecified atom stereocenters. The molecule has 2 heterocycles. The second-order valence-electron chi connectivity index (χ2n) is 6.87. The molecular formula is C19H18N4O5S2. The summed E-state index contributed by atoms with van der Waals surface area (Å²) < 4.78 is 27.6. The minimum Gasteiger partial charge on any atom is -0.298 e. The van der Waals surface area contributed by atoms with Crippen molar-refractivity contribution in [2.45, 2.75) is 24.2 Å². The van der Waals surface area contributed by atoms with Crippen LogP contribution in [0.4, 0.5) is 10.8 Å². The predicted octanol–water partition coefficient (Wildman–Crippen LogP) is 3.63. The lowest BCUT2D eigenvalue weighted by Crippen LogP contribution is -2.35. The molecule has 1 fully saturated rings. The average molecular weight is 447 g/mol. The minimum atomic E-state index is -3.56. The molecule has 0 radical (unpaired) electrons. The first-order chi connectivity index (χ1) is 14.3. The van der Waals surface area contributed by atoms with Crippen LogP contribution in [-0.4, -0.2) is 41.6 Å². The van der Waals surface area contributed by atoms with E-state index in [0.29, 0.717) is 28.4 Å². The van der Waals surface area contributed by atoms with Gasteiger partial charge in [0.2, 0.25) is 10.0 Å². The normalized spacial score (nSPS) is 15.2. The number of benzene rings is 2. The Morgan fingerprint density at radius 3 is 2.47 bits per heavy atom. The van der Waals surface area contributed by atoms with E-state index in [1.54, 1.807) is 6.07 Å². The Balaban J connectivity index is 1.50. The topological polar surface area (TPSA) is 123 Å². The number of carbonyl (C=O) groups is 1. The zero-order valence-corrected chi connectivity index (χ0v) is 17.4. The fourth-order valence-electron chi connectivity index (χ4n) is 3.28. The Morgan fingerprint density at radius 2 is 1.80 bits per heavy atom. The molecule has 1 aromatic heterocycles. The molecule has 4 rings (SSSR count). The van der Waals surface area contributed by atoms with E-state index in [2.05, 4.69) is 10.3 Å². The van der Waals surface area contributed by atoms with Crippen LogP contribution in [0.2, 0.25) is 0 Å². The summed E-state index contributed by atoms with van der Waals surface area (Å²) in [6.45, 7) is 1.03. The zero-order valence-electron chi connectivity index (χ0n) is 15.8. The van der Waals surface area contributed by atoms with E-state index in [1.807, 2.05) is 0 Å². The number of nitro groups is 1. The van der Waals surface area contributed by atoms with Crippen LogP contribution < -0.4 is 5.32 Å². The van der Waals surface area contributed by atoms with Gasteiger partial charge < -0.3 is 0 Å². The van der Waals surface area contributed by atoms with Gasteiger partial charge in [-0.2, -0.15) is 4.31 Å². The fraction of sp³-hybridized carbons (Fsp3) is 0.263. The monoisotopic (exact) mass is 446 g/mol. The number of aromatic nitrogens is 1. The number of hydrogen-bond acceptors (Lipinski definition) is 7. The number of thiazole rings is 1. The van der Waals surface area contributed by atoms with Gasteiger partial charge >= 0.3 is 0 Å². The number of rotatable bonds is 5. The Morgan fingerprint density at radius 1 is 1.10 bits per heavy atom. The van der Waals surface area contributed by atoms with Crippen LogP contribution in [0, 0.1) is 10.1 Å². The summed E-state index contributed by atoms with van der Waals surface area (Å²) in [7, 11) is -3.56. The molecule has 1 saturated heterocycles. The number of nitrogens with one attached hydrogen (secondary N) is 1. The fourth-order valence-corrected chi connectivity index (χ4v) is 5.64. The number of sulfonamides is 1. The highest BCUT2D eigenvalue weighted by Gasteiger charge is 2.26. The van der Waals surface area contributed by atoms with Crippen LogP contribution in [-0.2, 0) is 10.0 Å². The minimum absolute atomic E-state index is 0.0730. The highest BCUT2D eigenvalue weighted by atomic mass is 32.2. The number of piperidine rings is 1. The summed E-state index contributed by atoms with van der Waals surface area (Å²) in [5, 5.41) is 13.8. The lowest BCUT2D eigenvalue weighted by Gasteiger charge is -2.25. The molecule has 0 aliphatic carbocycles. The molecule has 30 heavy (non-hydrogen) atoms. The third kappa shape index (κ3) is 4.04. The van der Waals surface area contributed by atoms with E-state index >= 15 is 0 Å². The summed E-state index contributed by atoms with van der Waals surface area (Å²) in [5.41, 5.74) is 0.640. The summed E-state index contributed by atoms with van der Waals surface area (Å²) in [5.74, 6) is -0.439. The van der Waals surface area contributed by atoms with E-state index in [4.69, 9.17) is 0 Å². The first-order valence-corrected chi connectivity index (χ1v) is 11.6. The number of fused-ring (bicyclic) bond motifs is 1. The van der Waals surface area contributed by atoms with Gasteiger partial charge in [0, 0.05) is 30.8 Å². The van der Waals surface area contributed by atoms with E-state index in [9.17, 15) is 23.3 Å². The second-order valence-corrected chi connectivity index (χ2v) is 9.84. The largest absolute Gasteiger partial charge is 0.298 e. The number of carbonyl (C=O) groups excluding carboxylic acids is 1. The molecule has 0 bridgehead atoms. The third-order valence-electron chi connectivity index (χ3n) is 4.87. The van der Waals surface area contributed by atoms with Crippen LogP contribution >= 0.6 is 11.3 Å². The molecule has 0 spiro atoms. The van der Waals surface area contributed by atoms with Crippen molar-refractivity contribution in [3.8, 4) is 0 Å². The number of anilines is 1. The van der Waals surface area contributed by atoms with Gasteiger partial charge in [0.25, 0.3) is 11.6 Å². The number of nitro benzene ring substituents is 1. The van der Waals surface area contributed by atoms with E-state index in [0.717, 1.165) is 19.3 Å². The summed E-state index contributed by atoms with van der Waals surface area (Å²) in [6.07, 6.45) is 2.74. The maximum Gasteiger partial charge on any atom is 0.271 e. The Hall–Kier alpha value is -2.89. The molecular weight excluding hydrogens is 428 g/mol. The third-order valence-corrected chi connectivity index (χ3v) is 7.74. The van der Waals surface area contributed by atoms with Gasteiger partial charge in [0.1, 0.15) is 0 Å². The van der Waals surface area contributed by atoms with Gasteiger partial charge in [-0.05, 0) is 43.2 Å². The van der Waals surface area contributed by atoms with Crippen molar-refractivity contribution in [3.63, 3.8) is 0 Å². The lowest BCUT2D eigenvalue weighted by molar-refractivity contribution is -0.384. The standard InChI is InChI=1S/C19H18N4O5S2/c24-18(21-19-20-16-12-14(23(25)26)6-9-17(16)29-19)13-4-7-15(8-5-13)30(27,28)22-10-2-1-3-11-22/h4-9,12H,1-3,10-11H2,(H,20,21,24). The molecule has 11 heteroatoms. The van der Waals surface area contributed by atoms with Gasteiger partial charge in [-0.25, -0.2) is 13.4 Å². The SMILES string of the molecule is O=C(Nc1nc2cc([N+](=O)[O-])ccc2s1)c1ccc(S(=O)(=O)N2CCCCC2)cc1. The van der Waals surface area contributed by atoms with Crippen LogP contribution in [0.3, 0.4) is 0 Å². The van der Waals surface area contributed by atoms with E-state index < -0.39 is 20.9 Å². The number of non-ortho nitro benzene ring substituents is 1. The van der Waals surface area contributed by atoms with Crippen molar-refractivity contribution in [2.75, 3.05) is 18.4 Å². The second kappa shape index (κ2) is 8.09. The van der Waals surface area contributed by atoms with Crippen molar-refractivity contribution < 1.29 is 18.1 Å².